The molecule has 1 atom stereocenters. The molecule has 0 saturated carbocycles. The molecule has 2 aromatic carbocycles. The molecule has 0 bridgehead atoms. The van der Waals surface area contributed by atoms with Crippen LogP contribution in [0.25, 0.3) is 5.69 Å². The summed E-state index contributed by atoms with van der Waals surface area (Å²) in [5.41, 5.74) is 0.658. The minimum Gasteiger partial charge on any atom is -0.310 e. The van der Waals surface area contributed by atoms with E-state index in [1.165, 1.54) is 23.0 Å². The number of benzene rings is 2. The lowest BCUT2D eigenvalue weighted by Crippen LogP contribution is -2.26. The highest BCUT2D eigenvalue weighted by molar-refractivity contribution is 5.94. The molecule has 1 aliphatic heterocycles. The maximum atomic E-state index is 13.4. The average Bonchev–Trinajstić information content (AvgIpc) is 3.05. The summed E-state index contributed by atoms with van der Waals surface area (Å²) in [6.45, 7) is 0. The van der Waals surface area contributed by atoms with E-state index in [-0.39, 0.29) is 17.9 Å². The predicted molar refractivity (Wildman–Crippen MR) is 90.1 cm³/mol. The second kappa shape index (κ2) is 6.01. The fourth-order valence-corrected chi connectivity index (χ4v) is 3.32. The number of amides is 1. The van der Waals surface area contributed by atoms with Gasteiger partial charge in [0.25, 0.3) is 0 Å². The Kier molecular flexibility index (Phi) is 3.79. The molecule has 4 nitrogen and oxygen atoms in total. The molecule has 0 saturated heterocycles. The summed E-state index contributed by atoms with van der Waals surface area (Å²) in [6.07, 6.45) is -3.01. The van der Waals surface area contributed by atoms with E-state index >= 15 is 0 Å². The number of alkyl halides is 3. The van der Waals surface area contributed by atoms with Crippen LogP contribution in [0, 0.1) is 0 Å². The smallest absolute Gasteiger partial charge is 0.310 e. The lowest BCUT2D eigenvalue weighted by Gasteiger charge is -2.26. The van der Waals surface area contributed by atoms with Crippen molar-refractivity contribution >= 4 is 11.7 Å². The van der Waals surface area contributed by atoms with Crippen molar-refractivity contribution in [2.24, 2.45) is 0 Å². The summed E-state index contributed by atoms with van der Waals surface area (Å²) < 4.78 is 41.8. The van der Waals surface area contributed by atoms with Crippen LogP contribution < -0.4 is 5.32 Å². The van der Waals surface area contributed by atoms with E-state index in [4.69, 9.17) is 0 Å². The van der Waals surface area contributed by atoms with Crippen LogP contribution in [0.1, 0.15) is 29.0 Å². The molecule has 1 N–H and O–H groups in total. The van der Waals surface area contributed by atoms with Crippen LogP contribution in [0.3, 0.4) is 0 Å². The van der Waals surface area contributed by atoms with E-state index in [2.05, 4.69) is 10.4 Å². The van der Waals surface area contributed by atoms with Gasteiger partial charge in [0, 0.05) is 17.9 Å². The Balaban J connectivity index is 1.86. The van der Waals surface area contributed by atoms with Crippen LogP contribution in [0.15, 0.2) is 60.8 Å². The highest BCUT2D eigenvalue weighted by atomic mass is 19.4. The molecule has 132 valence electrons. The number of rotatable bonds is 2. The molecule has 7 heteroatoms. The number of hydrogen-bond donors (Lipinski definition) is 1. The van der Waals surface area contributed by atoms with E-state index in [9.17, 15) is 18.0 Å². The first-order chi connectivity index (χ1) is 12.4. The number of nitrogens with zero attached hydrogens (tertiary/aromatic N) is 2. The van der Waals surface area contributed by atoms with Crippen LogP contribution in [-0.2, 0) is 11.0 Å². The van der Waals surface area contributed by atoms with E-state index in [0.717, 1.165) is 11.8 Å². The van der Waals surface area contributed by atoms with E-state index < -0.39 is 17.7 Å². The lowest BCUT2D eigenvalue weighted by molar-refractivity contribution is -0.138. The van der Waals surface area contributed by atoms with Gasteiger partial charge in [-0.15, -0.1) is 0 Å². The third-order valence-electron chi connectivity index (χ3n) is 4.46. The van der Waals surface area contributed by atoms with Crippen LogP contribution in [-0.4, -0.2) is 15.7 Å². The van der Waals surface area contributed by atoms with Gasteiger partial charge in [-0.05, 0) is 23.8 Å². The van der Waals surface area contributed by atoms with E-state index in [0.29, 0.717) is 11.4 Å². The standard InChI is InChI=1S/C19H14F3N3O/c20-19(21,22)16-9-5-4-8-13(16)14-10-17(26)24-18-15(14)11-23-25(18)12-6-2-1-3-7-12/h1-9,11,14H,10H2,(H,24,26)/t14-/m1/s1. The number of carbonyl (C=O) groups excluding carboxylic acids is 1. The Morgan fingerprint density at radius 1 is 1.00 bits per heavy atom. The normalized spacial score (nSPS) is 16.9. The zero-order valence-corrected chi connectivity index (χ0v) is 13.5. The molecule has 1 aromatic heterocycles. The Bertz CT molecular complexity index is 964. The Morgan fingerprint density at radius 3 is 2.42 bits per heavy atom. The average molecular weight is 357 g/mol. The number of aromatic nitrogens is 2. The number of anilines is 1. The molecular formula is C19H14F3N3O. The first kappa shape index (κ1) is 16.4. The molecule has 3 aromatic rings. The van der Waals surface area contributed by atoms with Crippen LogP contribution in [0.2, 0.25) is 0 Å². The topological polar surface area (TPSA) is 46.9 Å². The first-order valence-corrected chi connectivity index (χ1v) is 8.04. The van der Waals surface area contributed by atoms with Crippen LogP contribution in [0.4, 0.5) is 19.0 Å². The fraction of sp³-hybridized carbons (Fsp3) is 0.158. The van der Waals surface area contributed by atoms with E-state index in [1.54, 1.807) is 6.07 Å². The maximum absolute atomic E-state index is 13.4. The van der Waals surface area contributed by atoms with E-state index in [1.807, 2.05) is 30.3 Å². The van der Waals surface area contributed by atoms with Crippen molar-refractivity contribution in [2.45, 2.75) is 18.5 Å². The largest absolute Gasteiger partial charge is 0.416 e. The Morgan fingerprint density at radius 2 is 1.69 bits per heavy atom. The number of fused-ring (bicyclic) bond motifs is 1. The van der Waals surface area contributed by atoms with Crippen molar-refractivity contribution in [3.05, 3.63) is 77.5 Å². The number of nitrogens with one attached hydrogen (secondary N) is 1. The van der Waals surface area contributed by atoms with Crippen molar-refractivity contribution in [3.8, 4) is 5.69 Å². The van der Waals surface area contributed by atoms with Crippen LogP contribution >= 0.6 is 0 Å². The highest BCUT2D eigenvalue weighted by Gasteiger charge is 2.38. The van der Waals surface area contributed by atoms with Crippen molar-refractivity contribution in [1.29, 1.82) is 0 Å². The van der Waals surface area contributed by atoms with Crippen molar-refractivity contribution in [1.82, 2.24) is 9.78 Å². The molecule has 0 radical (unpaired) electrons. The van der Waals surface area contributed by atoms with Crippen molar-refractivity contribution in [3.63, 3.8) is 0 Å². The third kappa shape index (κ3) is 2.75. The van der Waals surface area contributed by atoms with Gasteiger partial charge in [-0.2, -0.15) is 18.3 Å². The number of hydrogen-bond acceptors (Lipinski definition) is 2. The van der Waals surface area contributed by atoms with Gasteiger partial charge < -0.3 is 5.32 Å². The van der Waals surface area contributed by atoms with Gasteiger partial charge in [-0.3, -0.25) is 4.79 Å². The van der Waals surface area contributed by atoms with Gasteiger partial charge in [0.15, 0.2) is 0 Å². The molecule has 0 fully saturated rings. The van der Waals surface area contributed by atoms with Gasteiger partial charge in [-0.1, -0.05) is 36.4 Å². The minimum absolute atomic E-state index is 0.0550. The fourth-order valence-electron chi connectivity index (χ4n) is 3.32. The maximum Gasteiger partial charge on any atom is 0.416 e. The van der Waals surface area contributed by atoms with Gasteiger partial charge in [0.1, 0.15) is 5.82 Å². The molecule has 0 spiro atoms. The first-order valence-electron chi connectivity index (χ1n) is 8.04. The van der Waals surface area contributed by atoms with Gasteiger partial charge in [-0.25, -0.2) is 4.68 Å². The van der Waals surface area contributed by atoms with Crippen LogP contribution in [0.5, 0.6) is 0 Å². The minimum atomic E-state index is -4.49. The molecule has 2 heterocycles. The zero-order chi connectivity index (χ0) is 18.3. The Hall–Kier alpha value is -3.09. The lowest BCUT2D eigenvalue weighted by atomic mass is 9.84. The number of para-hydroxylation sites is 1. The van der Waals surface area contributed by atoms with Gasteiger partial charge >= 0.3 is 6.18 Å². The van der Waals surface area contributed by atoms with Crippen molar-refractivity contribution in [2.75, 3.05) is 5.32 Å². The molecular weight excluding hydrogens is 343 g/mol. The molecule has 0 unspecified atom stereocenters. The SMILES string of the molecule is O=C1C[C@H](c2ccccc2C(F)(F)F)c2cnn(-c3ccccc3)c2N1. The number of carbonyl (C=O) groups is 1. The second-order valence-corrected chi connectivity index (χ2v) is 6.09. The second-order valence-electron chi connectivity index (χ2n) is 6.09. The molecule has 1 amide bonds. The third-order valence-corrected chi connectivity index (χ3v) is 4.46. The summed E-state index contributed by atoms with van der Waals surface area (Å²) in [4.78, 5) is 12.2. The van der Waals surface area contributed by atoms with Gasteiger partial charge in [0.05, 0.1) is 17.4 Å². The summed E-state index contributed by atoms with van der Waals surface area (Å²) in [5.74, 6) is -0.624. The molecule has 4 rings (SSSR count). The zero-order valence-electron chi connectivity index (χ0n) is 13.5. The molecule has 26 heavy (non-hydrogen) atoms. The van der Waals surface area contributed by atoms with Gasteiger partial charge in [0.2, 0.25) is 5.91 Å². The summed E-state index contributed by atoms with van der Waals surface area (Å²) in [7, 11) is 0. The summed E-state index contributed by atoms with van der Waals surface area (Å²) in [6, 6.07) is 14.5. The number of halogens is 3. The van der Waals surface area contributed by atoms with Crippen molar-refractivity contribution < 1.29 is 18.0 Å². The quantitative estimate of drug-likeness (QED) is 0.741. The monoisotopic (exact) mass is 357 g/mol. The molecule has 1 aliphatic rings. The Labute approximate surface area is 147 Å². The predicted octanol–water partition coefficient (Wildman–Crippen LogP) is 4.37. The molecule has 0 aliphatic carbocycles. The summed E-state index contributed by atoms with van der Waals surface area (Å²) in [5, 5.41) is 7.04. The summed E-state index contributed by atoms with van der Waals surface area (Å²) >= 11 is 0. The highest BCUT2D eigenvalue weighted by Crippen LogP contribution is 2.43.